The van der Waals surface area contributed by atoms with E-state index in [-0.39, 0.29) is 18.6 Å². The number of carbonyl (C=O) groups excluding carboxylic acids is 1. The summed E-state index contributed by atoms with van der Waals surface area (Å²) in [4.78, 5) is 11.6. The first-order valence-corrected chi connectivity index (χ1v) is 5.97. The lowest BCUT2D eigenvalue weighted by molar-refractivity contribution is -0.121. The van der Waals surface area contributed by atoms with Gasteiger partial charge >= 0.3 is 0 Å². The average molecular weight is 252 g/mol. The van der Waals surface area contributed by atoms with Crippen molar-refractivity contribution in [2.75, 3.05) is 25.1 Å². The maximum absolute atomic E-state index is 11.6. The third-order valence-corrected chi connectivity index (χ3v) is 2.08. The molecule has 1 aromatic carbocycles. The van der Waals surface area contributed by atoms with Gasteiger partial charge in [0, 0.05) is 6.54 Å². The van der Waals surface area contributed by atoms with Crippen LogP contribution >= 0.6 is 0 Å². The van der Waals surface area contributed by atoms with E-state index in [9.17, 15) is 4.79 Å². The van der Waals surface area contributed by atoms with Crippen molar-refractivity contribution >= 4 is 11.6 Å². The van der Waals surface area contributed by atoms with Gasteiger partial charge in [-0.3, -0.25) is 4.79 Å². The number of amides is 1. The van der Waals surface area contributed by atoms with Gasteiger partial charge in [0.05, 0.1) is 11.8 Å². The molecule has 0 spiro atoms. The largest absolute Gasteiger partial charge is 0.490 e. The molecule has 1 aromatic rings. The van der Waals surface area contributed by atoms with Crippen LogP contribution in [0.25, 0.3) is 0 Å². The van der Waals surface area contributed by atoms with Crippen molar-refractivity contribution in [3.63, 3.8) is 0 Å². The number of carbonyl (C=O) groups is 1. The number of nitrogens with two attached hydrogens (primary N) is 1. The minimum absolute atomic E-state index is 0.0273. The second-order valence-corrected chi connectivity index (χ2v) is 4.04. The Kier molecular flexibility index (Phi) is 6.18. The maximum atomic E-state index is 11.6. The molecule has 0 aliphatic heterocycles. The van der Waals surface area contributed by atoms with Crippen molar-refractivity contribution in [1.82, 2.24) is 0 Å². The van der Waals surface area contributed by atoms with Crippen LogP contribution in [-0.2, 0) is 9.53 Å². The lowest BCUT2D eigenvalue weighted by Gasteiger charge is -2.12. The van der Waals surface area contributed by atoms with Gasteiger partial charge in [-0.25, -0.2) is 0 Å². The van der Waals surface area contributed by atoms with Gasteiger partial charge in [0.25, 0.3) is 0 Å². The Hall–Kier alpha value is -1.59. The summed E-state index contributed by atoms with van der Waals surface area (Å²) in [6, 6.07) is 7.23. The predicted octanol–water partition coefficient (Wildman–Crippen LogP) is 1.39. The average Bonchev–Trinajstić information content (AvgIpc) is 2.35. The summed E-state index contributed by atoms with van der Waals surface area (Å²) in [7, 11) is 0. The SMILES string of the molecule is CC(C)OCC(=O)Nc1ccccc1OCCN. The van der Waals surface area contributed by atoms with Gasteiger partial charge in [0.15, 0.2) is 0 Å². The topological polar surface area (TPSA) is 73.6 Å². The molecular formula is C13H20N2O3. The van der Waals surface area contributed by atoms with Crippen LogP contribution in [0.2, 0.25) is 0 Å². The highest BCUT2D eigenvalue weighted by atomic mass is 16.5. The number of ether oxygens (including phenoxy) is 2. The quantitative estimate of drug-likeness (QED) is 0.769. The van der Waals surface area contributed by atoms with Crippen LogP contribution in [0.3, 0.4) is 0 Å². The maximum Gasteiger partial charge on any atom is 0.250 e. The molecule has 0 unspecified atom stereocenters. The number of hydrogen-bond acceptors (Lipinski definition) is 4. The third kappa shape index (κ3) is 5.16. The molecule has 100 valence electrons. The van der Waals surface area contributed by atoms with Crippen LogP contribution in [0.1, 0.15) is 13.8 Å². The van der Waals surface area contributed by atoms with Crippen LogP contribution in [0.5, 0.6) is 5.75 Å². The summed E-state index contributed by atoms with van der Waals surface area (Å²) < 4.78 is 10.7. The molecule has 0 aliphatic carbocycles. The second-order valence-electron chi connectivity index (χ2n) is 4.04. The van der Waals surface area contributed by atoms with E-state index in [1.165, 1.54) is 0 Å². The first-order valence-electron chi connectivity index (χ1n) is 5.97. The molecule has 1 amide bonds. The van der Waals surface area contributed by atoms with E-state index < -0.39 is 0 Å². The van der Waals surface area contributed by atoms with Gasteiger partial charge in [-0.05, 0) is 26.0 Å². The van der Waals surface area contributed by atoms with Gasteiger partial charge in [-0.2, -0.15) is 0 Å². The predicted molar refractivity (Wildman–Crippen MR) is 70.7 cm³/mol. The molecule has 0 radical (unpaired) electrons. The van der Waals surface area contributed by atoms with Crippen LogP contribution in [-0.4, -0.2) is 31.8 Å². The summed E-state index contributed by atoms with van der Waals surface area (Å²) in [6.45, 7) is 4.63. The fraction of sp³-hybridized carbons (Fsp3) is 0.462. The lowest BCUT2D eigenvalue weighted by atomic mass is 10.3. The molecule has 0 aromatic heterocycles. The minimum atomic E-state index is -0.201. The smallest absolute Gasteiger partial charge is 0.250 e. The Labute approximate surface area is 107 Å². The first kappa shape index (κ1) is 14.5. The Morgan fingerprint density at radius 1 is 1.39 bits per heavy atom. The highest BCUT2D eigenvalue weighted by Gasteiger charge is 2.08. The Balaban J connectivity index is 2.57. The zero-order valence-electron chi connectivity index (χ0n) is 10.8. The molecular weight excluding hydrogens is 232 g/mol. The van der Waals surface area contributed by atoms with E-state index in [1.807, 2.05) is 26.0 Å². The molecule has 18 heavy (non-hydrogen) atoms. The Morgan fingerprint density at radius 3 is 2.78 bits per heavy atom. The molecule has 0 saturated heterocycles. The molecule has 0 fully saturated rings. The number of rotatable bonds is 7. The molecule has 5 nitrogen and oxygen atoms in total. The van der Waals surface area contributed by atoms with Crippen LogP contribution in [0.15, 0.2) is 24.3 Å². The molecule has 1 rings (SSSR count). The Morgan fingerprint density at radius 2 is 2.11 bits per heavy atom. The number of hydrogen-bond donors (Lipinski definition) is 2. The van der Waals surface area contributed by atoms with Gasteiger partial charge in [-0.15, -0.1) is 0 Å². The van der Waals surface area contributed by atoms with Gasteiger partial charge < -0.3 is 20.5 Å². The first-order chi connectivity index (χ1) is 8.63. The van der Waals surface area contributed by atoms with Gasteiger partial charge in [0.1, 0.15) is 19.0 Å². The summed E-state index contributed by atoms with van der Waals surface area (Å²) in [5.41, 5.74) is 6.00. The van der Waals surface area contributed by atoms with Crippen molar-refractivity contribution in [3.8, 4) is 5.75 Å². The molecule has 0 saturated carbocycles. The summed E-state index contributed by atoms with van der Waals surface area (Å²) in [5, 5.41) is 2.75. The van der Waals surface area contributed by atoms with Crippen LogP contribution in [0, 0.1) is 0 Å². The van der Waals surface area contributed by atoms with Crippen molar-refractivity contribution in [3.05, 3.63) is 24.3 Å². The molecule has 0 heterocycles. The minimum Gasteiger partial charge on any atom is -0.490 e. The molecule has 0 aliphatic rings. The van der Waals surface area contributed by atoms with Crippen molar-refractivity contribution in [1.29, 1.82) is 0 Å². The number of anilines is 1. The monoisotopic (exact) mass is 252 g/mol. The van der Waals surface area contributed by atoms with E-state index in [4.69, 9.17) is 15.2 Å². The number of nitrogens with one attached hydrogen (secondary N) is 1. The fourth-order valence-electron chi connectivity index (χ4n) is 1.29. The highest BCUT2D eigenvalue weighted by Crippen LogP contribution is 2.23. The van der Waals surface area contributed by atoms with E-state index in [1.54, 1.807) is 12.1 Å². The standard InChI is InChI=1S/C13H20N2O3/c1-10(2)18-9-13(16)15-11-5-3-4-6-12(11)17-8-7-14/h3-6,10H,7-9,14H2,1-2H3,(H,15,16). The zero-order chi connectivity index (χ0) is 13.4. The fourth-order valence-corrected chi connectivity index (χ4v) is 1.29. The van der Waals surface area contributed by atoms with Crippen LogP contribution in [0.4, 0.5) is 5.69 Å². The van der Waals surface area contributed by atoms with E-state index in [0.29, 0.717) is 24.6 Å². The van der Waals surface area contributed by atoms with Crippen LogP contribution < -0.4 is 15.8 Å². The number of benzene rings is 1. The molecule has 5 heteroatoms. The number of para-hydroxylation sites is 2. The summed E-state index contributed by atoms with van der Waals surface area (Å²) in [5.74, 6) is 0.411. The van der Waals surface area contributed by atoms with Crippen molar-refractivity contribution in [2.24, 2.45) is 5.73 Å². The second kappa shape index (κ2) is 7.68. The van der Waals surface area contributed by atoms with Gasteiger partial charge in [0.2, 0.25) is 5.91 Å². The normalized spacial score (nSPS) is 10.4. The van der Waals surface area contributed by atoms with E-state index in [0.717, 1.165) is 0 Å². The van der Waals surface area contributed by atoms with Gasteiger partial charge in [-0.1, -0.05) is 12.1 Å². The Bertz CT molecular complexity index is 380. The lowest BCUT2D eigenvalue weighted by Crippen LogP contribution is -2.21. The third-order valence-electron chi connectivity index (χ3n) is 2.08. The summed E-state index contributed by atoms with van der Waals surface area (Å²) >= 11 is 0. The van der Waals surface area contributed by atoms with Crippen molar-refractivity contribution < 1.29 is 14.3 Å². The molecule has 3 N–H and O–H groups in total. The molecule has 0 atom stereocenters. The highest BCUT2D eigenvalue weighted by molar-refractivity contribution is 5.93. The zero-order valence-corrected chi connectivity index (χ0v) is 10.8. The summed E-state index contributed by atoms with van der Waals surface area (Å²) in [6.07, 6.45) is 0.0273. The molecule has 0 bridgehead atoms. The van der Waals surface area contributed by atoms with E-state index in [2.05, 4.69) is 5.32 Å². The van der Waals surface area contributed by atoms with Crippen molar-refractivity contribution in [2.45, 2.75) is 20.0 Å². The van der Waals surface area contributed by atoms with E-state index >= 15 is 0 Å².